The topological polar surface area (TPSA) is 65.4 Å². The predicted molar refractivity (Wildman–Crippen MR) is 103 cm³/mol. The molecule has 1 aromatic heterocycles. The molecule has 136 valence electrons. The number of nitrogens with one attached hydrogen (secondary N) is 1. The number of hydrogen-bond acceptors (Lipinski definition) is 4. The average molecular weight is 361 g/mol. The van der Waals surface area contributed by atoms with Crippen LogP contribution in [-0.2, 0) is 4.79 Å². The lowest BCUT2D eigenvalue weighted by Crippen LogP contribution is -2.11. The molecular formula is C21H19N3O3. The lowest BCUT2D eigenvalue weighted by Gasteiger charge is -2.11. The third kappa shape index (κ3) is 3.55. The Balaban J connectivity index is 1.53. The van der Waals surface area contributed by atoms with E-state index in [0.717, 1.165) is 28.4 Å². The van der Waals surface area contributed by atoms with Crippen molar-refractivity contribution < 1.29 is 14.3 Å². The zero-order chi connectivity index (χ0) is 18.8. The number of aryl methyl sites for hydroxylation is 2. The van der Waals surface area contributed by atoms with E-state index in [2.05, 4.69) is 10.4 Å². The fourth-order valence-corrected chi connectivity index (χ4v) is 3.00. The number of anilines is 1. The van der Waals surface area contributed by atoms with Crippen molar-refractivity contribution in [3.63, 3.8) is 0 Å². The van der Waals surface area contributed by atoms with E-state index in [1.807, 2.05) is 67.1 Å². The van der Waals surface area contributed by atoms with Gasteiger partial charge >= 0.3 is 0 Å². The summed E-state index contributed by atoms with van der Waals surface area (Å²) in [5.41, 5.74) is 4.32. The first-order chi connectivity index (χ1) is 13.1. The molecule has 6 nitrogen and oxygen atoms in total. The lowest BCUT2D eigenvalue weighted by molar-refractivity contribution is -0.111. The van der Waals surface area contributed by atoms with Gasteiger partial charge in [0.1, 0.15) is 0 Å². The lowest BCUT2D eigenvalue weighted by atomic mass is 10.2. The molecule has 27 heavy (non-hydrogen) atoms. The Morgan fingerprint density at radius 3 is 2.74 bits per heavy atom. The van der Waals surface area contributed by atoms with Crippen LogP contribution in [0.2, 0.25) is 0 Å². The smallest absolute Gasteiger partial charge is 0.248 e. The van der Waals surface area contributed by atoms with Gasteiger partial charge in [-0.2, -0.15) is 5.10 Å². The van der Waals surface area contributed by atoms with Crippen LogP contribution in [0.25, 0.3) is 11.8 Å². The van der Waals surface area contributed by atoms with Crippen LogP contribution >= 0.6 is 0 Å². The maximum absolute atomic E-state index is 12.4. The highest BCUT2D eigenvalue weighted by molar-refractivity contribution is 6.03. The van der Waals surface area contributed by atoms with Gasteiger partial charge in [0.15, 0.2) is 11.5 Å². The molecule has 2 aromatic carbocycles. The van der Waals surface area contributed by atoms with E-state index < -0.39 is 0 Å². The van der Waals surface area contributed by atoms with Gasteiger partial charge in [-0.05, 0) is 55.8 Å². The van der Waals surface area contributed by atoms with Crippen molar-refractivity contribution in [1.82, 2.24) is 9.78 Å². The molecule has 1 aliphatic heterocycles. The summed E-state index contributed by atoms with van der Waals surface area (Å²) in [6.45, 7) is 4.16. The molecule has 0 saturated carbocycles. The zero-order valence-electron chi connectivity index (χ0n) is 15.1. The quantitative estimate of drug-likeness (QED) is 0.717. The van der Waals surface area contributed by atoms with Crippen molar-refractivity contribution in [2.75, 3.05) is 12.1 Å². The van der Waals surface area contributed by atoms with Crippen molar-refractivity contribution in [3.8, 4) is 17.2 Å². The van der Waals surface area contributed by atoms with E-state index in [1.165, 1.54) is 6.08 Å². The predicted octanol–water partition coefficient (Wildman–Crippen LogP) is 3.87. The van der Waals surface area contributed by atoms with Crippen molar-refractivity contribution >= 4 is 17.7 Å². The number of nitrogens with zero attached hydrogens (tertiary/aromatic N) is 2. The molecule has 1 aliphatic rings. The summed E-state index contributed by atoms with van der Waals surface area (Å²) in [6.07, 6.45) is 3.23. The first-order valence-corrected chi connectivity index (χ1v) is 8.61. The second-order valence-electron chi connectivity index (χ2n) is 6.29. The van der Waals surface area contributed by atoms with Gasteiger partial charge in [-0.15, -0.1) is 0 Å². The first kappa shape index (κ1) is 16.9. The van der Waals surface area contributed by atoms with Crippen LogP contribution in [0.15, 0.2) is 54.6 Å². The van der Waals surface area contributed by atoms with E-state index in [1.54, 1.807) is 6.08 Å². The number of benzene rings is 2. The second-order valence-corrected chi connectivity index (χ2v) is 6.29. The summed E-state index contributed by atoms with van der Waals surface area (Å²) in [5, 5.41) is 7.42. The minimum Gasteiger partial charge on any atom is -0.454 e. The van der Waals surface area contributed by atoms with Crippen molar-refractivity contribution in [2.45, 2.75) is 13.8 Å². The third-order valence-corrected chi connectivity index (χ3v) is 4.22. The number of amides is 1. The molecule has 0 unspecified atom stereocenters. The van der Waals surface area contributed by atoms with Crippen LogP contribution in [0.5, 0.6) is 11.5 Å². The Hall–Kier alpha value is -3.54. The molecule has 0 spiro atoms. The van der Waals surface area contributed by atoms with Gasteiger partial charge in [0.05, 0.1) is 17.1 Å². The van der Waals surface area contributed by atoms with Gasteiger partial charge in [-0.25, -0.2) is 4.68 Å². The number of hydrogen-bond donors (Lipinski definition) is 1. The van der Waals surface area contributed by atoms with Crippen molar-refractivity contribution in [1.29, 1.82) is 0 Å². The van der Waals surface area contributed by atoms with Gasteiger partial charge in [-0.3, -0.25) is 4.79 Å². The zero-order valence-corrected chi connectivity index (χ0v) is 15.1. The average Bonchev–Trinajstić information content (AvgIpc) is 3.25. The van der Waals surface area contributed by atoms with Gasteiger partial charge in [0.2, 0.25) is 12.7 Å². The standard InChI is InChI=1S/C21H19N3O3/c1-14-11-15(2)24(23-14)18-6-4-3-5-17(18)22-21(25)10-8-16-7-9-19-20(12-16)27-13-26-19/h3-12H,13H2,1-2H3,(H,22,25)/b10-8+. The molecule has 0 bridgehead atoms. The van der Waals surface area contributed by atoms with E-state index in [-0.39, 0.29) is 12.7 Å². The fraction of sp³-hybridized carbons (Fsp3) is 0.143. The molecule has 3 aromatic rings. The number of aromatic nitrogens is 2. The molecule has 2 heterocycles. The fourth-order valence-electron chi connectivity index (χ4n) is 3.00. The molecule has 0 aliphatic carbocycles. The monoisotopic (exact) mass is 361 g/mol. The van der Waals surface area contributed by atoms with E-state index in [4.69, 9.17) is 9.47 Å². The molecule has 4 rings (SSSR count). The van der Waals surface area contributed by atoms with Gasteiger partial charge in [0.25, 0.3) is 0 Å². The third-order valence-electron chi connectivity index (χ3n) is 4.22. The minimum absolute atomic E-state index is 0.221. The Morgan fingerprint density at radius 2 is 1.93 bits per heavy atom. The maximum atomic E-state index is 12.4. The summed E-state index contributed by atoms with van der Waals surface area (Å²) >= 11 is 0. The van der Waals surface area contributed by atoms with Crippen LogP contribution < -0.4 is 14.8 Å². The van der Waals surface area contributed by atoms with Crippen molar-refractivity contribution in [2.24, 2.45) is 0 Å². The number of carbonyl (C=O) groups excluding carboxylic acids is 1. The van der Waals surface area contributed by atoms with Crippen LogP contribution in [-0.4, -0.2) is 22.5 Å². The Kier molecular flexibility index (Phi) is 4.38. The highest BCUT2D eigenvalue weighted by atomic mass is 16.7. The highest BCUT2D eigenvalue weighted by Crippen LogP contribution is 2.32. The summed E-state index contributed by atoms with van der Waals surface area (Å²) < 4.78 is 12.5. The Labute approximate surface area is 157 Å². The number of para-hydroxylation sites is 2. The van der Waals surface area contributed by atoms with E-state index >= 15 is 0 Å². The Bertz CT molecular complexity index is 1040. The highest BCUT2D eigenvalue weighted by Gasteiger charge is 2.13. The largest absolute Gasteiger partial charge is 0.454 e. The maximum Gasteiger partial charge on any atom is 0.248 e. The normalized spacial score (nSPS) is 12.5. The van der Waals surface area contributed by atoms with Crippen LogP contribution in [0, 0.1) is 13.8 Å². The van der Waals surface area contributed by atoms with Crippen LogP contribution in [0.1, 0.15) is 17.0 Å². The molecule has 6 heteroatoms. The van der Waals surface area contributed by atoms with Crippen molar-refractivity contribution in [3.05, 3.63) is 71.6 Å². The summed E-state index contributed by atoms with van der Waals surface area (Å²) in [6, 6.07) is 15.1. The van der Waals surface area contributed by atoms with E-state index in [9.17, 15) is 4.79 Å². The Morgan fingerprint density at radius 1 is 1.11 bits per heavy atom. The summed E-state index contributed by atoms with van der Waals surface area (Å²) in [5.74, 6) is 1.18. The molecule has 1 N–H and O–H groups in total. The molecule has 0 radical (unpaired) electrons. The van der Waals surface area contributed by atoms with Crippen LogP contribution in [0.3, 0.4) is 0 Å². The van der Waals surface area contributed by atoms with E-state index in [0.29, 0.717) is 11.4 Å². The molecule has 0 fully saturated rings. The summed E-state index contributed by atoms with van der Waals surface area (Å²) in [4.78, 5) is 12.4. The molecule has 0 saturated heterocycles. The minimum atomic E-state index is -0.221. The molecule has 0 atom stereocenters. The van der Waals surface area contributed by atoms with Crippen LogP contribution in [0.4, 0.5) is 5.69 Å². The number of ether oxygens (including phenoxy) is 2. The molecule has 1 amide bonds. The second kappa shape index (κ2) is 6.99. The first-order valence-electron chi connectivity index (χ1n) is 8.61. The SMILES string of the molecule is Cc1cc(C)n(-c2ccccc2NC(=O)/C=C/c2ccc3c(c2)OCO3)n1. The molecular weight excluding hydrogens is 342 g/mol. The number of fused-ring (bicyclic) bond motifs is 1. The van der Waals surface area contributed by atoms with Gasteiger partial charge in [0, 0.05) is 11.8 Å². The summed E-state index contributed by atoms with van der Waals surface area (Å²) in [7, 11) is 0. The van der Waals surface area contributed by atoms with Gasteiger partial charge in [-0.1, -0.05) is 18.2 Å². The van der Waals surface area contributed by atoms with Gasteiger partial charge < -0.3 is 14.8 Å². The number of rotatable bonds is 4. The number of carbonyl (C=O) groups is 1.